The number of halogens is 3. The molecule has 1 saturated heterocycles. The van der Waals surface area contributed by atoms with Gasteiger partial charge in [0.25, 0.3) is 0 Å². The number of ether oxygens (including phenoxy) is 1. The highest BCUT2D eigenvalue weighted by Crippen LogP contribution is 2.65. The van der Waals surface area contributed by atoms with Gasteiger partial charge < -0.3 is 19.8 Å². The summed E-state index contributed by atoms with van der Waals surface area (Å²) in [5.74, 6) is 0.0769. The molecule has 2 fully saturated rings. The highest BCUT2D eigenvalue weighted by atomic mass is 19.4. The standard InChI is InChI=1S/C31H33F3N2O4/c1-3-15-35-16-14-29-26-20-9-10-23(37)27(26)40-28(29)22(12-13-30(29,39)24(35)18-20)36(4-2)25(38)11-8-19-6-5-7-21(17-19)31(32,33)34/h3,5-11,17,22,24,28,37,39H,1,4,12-16,18H2,2H3/t22-,24+,28-,29-,30+/m0/s1. The third kappa shape index (κ3) is 3.74. The summed E-state index contributed by atoms with van der Waals surface area (Å²) in [6, 6.07) is 7.85. The molecule has 2 aromatic carbocycles. The van der Waals surface area contributed by atoms with E-state index in [1.165, 1.54) is 24.3 Å². The van der Waals surface area contributed by atoms with Crippen LogP contribution in [0.25, 0.3) is 6.08 Å². The Labute approximate surface area is 231 Å². The van der Waals surface area contributed by atoms with E-state index in [1.54, 1.807) is 11.0 Å². The Hall–Kier alpha value is -3.30. The van der Waals surface area contributed by atoms with Gasteiger partial charge in [-0.15, -0.1) is 6.58 Å². The molecule has 6 nitrogen and oxygen atoms in total. The zero-order valence-electron chi connectivity index (χ0n) is 22.3. The average Bonchev–Trinajstić information content (AvgIpc) is 3.27. The number of rotatable bonds is 6. The molecule has 2 heterocycles. The maximum absolute atomic E-state index is 13.5. The second kappa shape index (κ2) is 9.38. The van der Waals surface area contributed by atoms with Gasteiger partial charge in [0.15, 0.2) is 11.5 Å². The van der Waals surface area contributed by atoms with Crippen LogP contribution in [0.15, 0.2) is 55.1 Å². The van der Waals surface area contributed by atoms with E-state index in [0.29, 0.717) is 44.5 Å². The lowest BCUT2D eigenvalue weighted by molar-refractivity contribution is -0.199. The quantitative estimate of drug-likeness (QED) is 0.401. The molecule has 1 spiro atoms. The number of phenols is 1. The highest BCUT2D eigenvalue weighted by molar-refractivity contribution is 5.92. The lowest BCUT2D eigenvalue weighted by Crippen LogP contribution is -2.78. The van der Waals surface area contributed by atoms with Crippen LogP contribution in [0.5, 0.6) is 11.5 Å². The molecule has 4 aliphatic rings. The first-order chi connectivity index (χ1) is 19.0. The van der Waals surface area contributed by atoms with Crippen LogP contribution in [-0.4, -0.2) is 69.3 Å². The predicted molar refractivity (Wildman–Crippen MR) is 144 cm³/mol. The lowest BCUT2D eigenvalue weighted by Gasteiger charge is -2.64. The van der Waals surface area contributed by atoms with Crippen molar-refractivity contribution < 1.29 is 32.9 Å². The maximum atomic E-state index is 13.5. The van der Waals surface area contributed by atoms with Gasteiger partial charge in [0.05, 0.1) is 22.6 Å². The van der Waals surface area contributed by atoms with Gasteiger partial charge in [0.2, 0.25) is 5.91 Å². The second-order valence-corrected chi connectivity index (χ2v) is 11.3. The number of benzene rings is 2. The first-order valence-corrected chi connectivity index (χ1v) is 13.8. The fraction of sp³-hybridized carbons (Fsp3) is 0.452. The smallest absolute Gasteiger partial charge is 0.416 e. The Morgan fingerprint density at radius 3 is 2.80 bits per heavy atom. The minimum absolute atomic E-state index is 0.0226. The first kappa shape index (κ1) is 26.9. The highest BCUT2D eigenvalue weighted by Gasteiger charge is 2.73. The molecule has 40 heavy (non-hydrogen) atoms. The minimum atomic E-state index is -4.47. The van der Waals surface area contributed by atoms with Crippen LogP contribution >= 0.6 is 0 Å². The molecule has 1 amide bonds. The van der Waals surface area contributed by atoms with Gasteiger partial charge >= 0.3 is 6.18 Å². The number of piperidine rings is 1. The summed E-state index contributed by atoms with van der Waals surface area (Å²) in [6.45, 7) is 7.48. The van der Waals surface area contributed by atoms with Crippen LogP contribution in [0.1, 0.15) is 48.4 Å². The number of nitrogens with zero attached hydrogens (tertiary/aromatic N) is 2. The third-order valence-corrected chi connectivity index (χ3v) is 9.56. The summed E-state index contributed by atoms with van der Waals surface area (Å²) < 4.78 is 46.0. The van der Waals surface area contributed by atoms with Crippen LogP contribution in [0.2, 0.25) is 0 Å². The number of likely N-dealkylation sites (N-methyl/N-ethyl adjacent to an activating group) is 1. The number of amides is 1. The predicted octanol–water partition coefficient (Wildman–Crippen LogP) is 4.68. The molecule has 2 aromatic rings. The zero-order valence-corrected chi connectivity index (χ0v) is 22.3. The fourth-order valence-electron chi connectivity index (χ4n) is 7.94. The molecule has 2 N–H and O–H groups in total. The summed E-state index contributed by atoms with van der Waals surface area (Å²) in [5.41, 5.74) is -0.501. The molecule has 2 aliphatic heterocycles. The minimum Gasteiger partial charge on any atom is -0.504 e. The molecular formula is C31H33F3N2O4. The van der Waals surface area contributed by atoms with Crippen molar-refractivity contribution in [2.45, 2.75) is 68.0 Å². The second-order valence-electron chi connectivity index (χ2n) is 11.3. The van der Waals surface area contributed by atoms with Gasteiger partial charge in [-0.2, -0.15) is 13.2 Å². The van der Waals surface area contributed by atoms with Gasteiger partial charge in [-0.3, -0.25) is 9.69 Å². The lowest BCUT2D eigenvalue weighted by atomic mass is 9.48. The number of aliphatic hydroxyl groups is 1. The summed E-state index contributed by atoms with van der Waals surface area (Å²) in [5, 5.41) is 23.3. The molecule has 5 atom stereocenters. The molecule has 2 aliphatic carbocycles. The summed E-state index contributed by atoms with van der Waals surface area (Å²) in [6.07, 6.45) is 1.67. The van der Waals surface area contributed by atoms with E-state index in [-0.39, 0.29) is 23.3 Å². The maximum Gasteiger partial charge on any atom is 0.416 e. The number of phenolic OH excluding ortho intramolecular Hbond substituents is 1. The van der Waals surface area contributed by atoms with Gasteiger partial charge in [0.1, 0.15) is 6.10 Å². The van der Waals surface area contributed by atoms with E-state index in [4.69, 9.17) is 4.74 Å². The van der Waals surface area contributed by atoms with Crippen LogP contribution in [0, 0.1) is 0 Å². The number of hydrogen-bond acceptors (Lipinski definition) is 5. The fourth-order valence-corrected chi connectivity index (χ4v) is 7.94. The number of carbonyl (C=O) groups is 1. The molecule has 1 saturated carbocycles. The molecule has 212 valence electrons. The van der Waals surface area contributed by atoms with Crippen LogP contribution in [-0.2, 0) is 22.8 Å². The summed E-state index contributed by atoms with van der Waals surface area (Å²) in [7, 11) is 0. The van der Waals surface area contributed by atoms with E-state index >= 15 is 0 Å². The monoisotopic (exact) mass is 554 g/mol. The van der Waals surface area contributed by atoms with E-state index in [0.717, 1.165) is 29.8 Å². The van der Waals surface area contributed by atoms with Crippen molar-refractivity contribution in [1.82, 2.24) is 9.80 Å². The summed E-state index contributed by atoms with van der Waals surface area (Å²) >= 11 is 0. The van der Waals surface area contributed by atoms with Crippen molar-refractivity contribution in [3.63, 3.8) is 0 Å². The largest absolute Gasteiger partial charge is 0.504 e. The average molecular weight is 555 g/mol. The molecular weight excluding hydrogens is 521 g/mol. The number of aromatic hydroxyl groups is 1. The zero-order chi connectivity index (χ0) is 28.4. The van der Waals surface area contributed by atoms with Gasteiger partial charge in [-0.25, -0.2) is 0 Å². The van der Waals surface area contributed by atoms with E-state index in [1.807, 2.05) is 19.1 Å². The Balaban J connectivity index is 1.36. The van der Waals surface area contributed by atoms with Gasteiger partial charge in [0, 0.05) is 30.8 Å². The van der Waals surface area contributed by atoms with Gasteiger partial charge in [-0.1, -0.05) is 24.3 Å². The van der Waals surface area contributed by atoms with Crippen molar-refractivity contribution in [2.75, 3.05) is 19.6 Å². The molecule has 2 bridgehead atoms. The molecule has 6 rings (SSSR count). The normalized spacial score (nSPS) is 30.6. The summed E-state index contributed by atoms with van der Waals surface area (Å²) in [4.78, 5) is 17.5. The number of hydrogen-bond donors (Lipinski definition) is 2. The SMILES string of the molecule is C=CCN1CC[C@]23c4c5ccc(O)c4O[C@H]2[C@@H](N(CC)C(=O)C=Cc2cccc(C(F)(F)F)c2)CC[C@@]3(O)[C@H]1C5. The Kier molecular flexibility index (Phi) is 6.31. The Morgan fingerprint density at radius 1 is 1.27 bits per heavy atom. The molecule has 0 radical (unpaired) electrons. The van der Waals surface area contributed by atoms with Crippen LogP contribution in [0.3, 0.4) is 0 Å². The third-order valence-electron chi connectivity index (χ3n) is 9.56. The van der Waals surface area contributed by atoms with Crippen molar-refractivity contribution in [1.29, 1.82) is 0 Å². The Morgan fingerprint density at radius 2 is 2.08 bits per heavy atom. The van der Waals surface area contributed by atoms with Crippen LogP contribution < -0.4 is 4.74 Å². The van der Waals surface area contributed by atoms with Gasteiger partial charge in [-0.05, 0) is 74.6 Å². The molecule has 0 unspecified atom stereocenters. The topological polar surface area (TPSA) is 73.2 Å². The van der Waals surface area contributed by atoms with Crippen molar-refractivity contribution in [2.24, 2.45) is 0 Å². The molecule has 0 aromatic heterocycles. The molecule has 9 heteroatoms. The Bertz CT molecular complexity index is 1390. The number of carbonyl (C=O) groups excluding carboxylic acids is 1. The van der Waals surface area contributed by atoms with E-state index in [2.05, 4.69) is 11.5 Å². The first-order valence-electron chi connectivity index (χ1n) is 13.8. The number of alkyl halides is 3. The van der Waals surface area contributed by atoms with E-state index in [9.17, 15) is 28.2 Å². The van der Waals surface area contributed by atoms with Crippen molar-refractivity contribution >= 4 is 12.0 Å². The number of likely N-dealkylation sites (tertiary alicyclic amines) is 1. The van der Waals surface area contributed by atoms with E-state index < -0.39 is 34.9 Å². The van der Waals surface area contributed by atoms with Crippen molar-refractivity contribution in [3.8, 4) is 11.5 Å². The van der Waals surface area contributed by atoms with Crippen molar-refractivity contribution in [3.05, 3.63) is 77.4 Å². The van der Waals surface area contributed by atoms with Crippen LogP contribution in [0.4, 0.5) is 13.2 Å².